The fourth-order valence-corrected chi connectivity index (χ4v) is 7.56. The molecular formula is C50H92O2. The third-order valence-electron chi connectivity index (χ3n) is 11.8. The van der Waals surface area contributed by atoms with Crippen LogP contribution in [-0.4, -0.2) is 19.0 Å². The van der Waals surface area contributed by atoms with Gasteiger partial charge in [-0.05, 0) is 95.3 Å². The number of hydrogen-bond donors (Lipinski definition) is 0. The lowest BCUT2D eigenvalue weighted by atomic mass is 9.88. The molecule has 0 aromatic heterocycles. The van der Waals surface area contributed by atoms with Crippen LogP contribution >= 0.6 is 0 Å². The Morgan fingerprint density at radius 1 is 0.462 bits per heavy atom. The third-order valence-corrected chi connectivity index (χ3v) is 11.8. The van der Waals surface area contributed by atoms with Gasteiger partial charge in [0, 0.05) is 18.8 Å². The van der Waals surface area contributed by atoms with Crippen molar-refractivity contribution in [2.45, 2.75) is 239 Å². The van der Waals surface area contributed by atoms with Crippen LogP contribution in [0.15, 0.2) is 48.6 Å². The monoisotopic (exact) mass is 725 g/mol. The first-order valence-electron chi connectivity index (χ1n) is 23.4. The minimum Gasteiger partial charge on any atom is -0.350 e. The van der Waals surface area contributed by atoms with Gasteiger partial charge in [-0.2, -0.15) is 0 Å². The predicted octanol–water partition coefficient (Wildman–Crippen LogP) is 17.0. The molecule has 1 heterocycles. The van der Waals surface area contributed by atoms with E-state index in [0.717, 1.165) is 50.7 Å². The summed E-state index contributed by atoms with van der Waals surface area (Å²) in [4.78, 5) is 0. The van der Waals surface area contributed by atoms with Crippen molar-refractivity contribution in [2.75, 3.05) is 13.2 Å². The van der Waals surface area contributed by atoms with Gasteiger partial charge in [0.1, 0.15) is 0 Å². The van der Waals surface area contributed by atoms with Crippen molar-refractivity contribution in [3.8, 4) is 0 Å². The largest absolute Gasteiger partial charge is 0.350 e. The van der Waals surface area contributed by atoms with Gasteiger partial charge >= 0.3 is 0 Å². The zero-order chi connectivity index (χ0) is 37.6. The average Bonchev–Trinajstić information content (AvgIpc) is 3.16. The maximum Gasteiger partial charge on any atom is 0.168 e. The topological polar surface area (TPSA) is 18.5 Å². The molecule has 0 aromatic rings. The minimum atomic E-state index is -0.313. The van der Waals surface area contributed by atoms with Gasteiger partial charge in [-0.1, -0.05) is 186 Å². The zero-order valence-electron chi connectivity index (χ0n) is 36.0. The summed E-state index contributed by atoms with van der Waals surface area (Å²) in [5.74, 6) is 1.96. The first-order valence-corrected chi connectivity index (χ1v) is 23.4. The molecule has 0 aliphatic carbocycles. The second-order valence-electron chi connectivity index (χ2n) is 16.7. The normalized spacial score (nSPS) is 19.6. The van der Waals surface area contributed by atoms with E-state index in [1.54, 1.807) is 0 Å². The first kappa shape index (κ1) is 48.9. The Labute approximate surface area is 327 Å². The van der Waals surface area contributed by atoms with Crippen LogP contribution in [-0.2, 0) is 9.47 Å². The molecule has 0 saturated carbocycles. The van der Waals surface area contributed by atoms with E-state index in [2.05, 4.69) is 83.2 Å². The Morgan fingerprint density at radius 3 is 1.29 bits per heavy atom. The molecule has 52 heavy (non-hydrogen) atoms. The van der Waals surface area contributed by atoms with Crippen molar-refractivity contribution >= 4 is 0 Å². The van der Waals surface area contributed by atoms with Crippen molar-refractivity contribution in [1.82, 2.24) is 0 Å². The van der Waals surface area contributed by atoms with Crippen molar-refractivity contribution in [1.29, 1.82) is 0 Å². The van der Waals surface area contributed by atoms with Crippen molar-refractivity contribution < 1.29 is 9.47 Å². The van der Waals surface area contributed by atoms with Crippen molar-refractivity contribution in [3.05, 3.63) is 48.6 Å². The SMILES string of the molecule is CCCCCC=CCC=CCCCCCCCCC1(CCCCCCCCC=CCC=CCCCCC)OCC(CCCCC(C)C(C)CC)CO1. The van der Waals surface area contributed by atoms with Crippen molar-refractivity contribution in [3.63, 3.8) is 0 Å². The molecule has 2 atom stereocenters. The summed E-state index contributed by atoms with van der Waals surface area (Å²) in [6.07, 6.45) is 58.8. The van der Waals surface area contributed by atoms with E-state index in [-0.39, 0.29) is 5.79 Å². The highest BCUT2D eigenvalue weighted by atomic mass is 16.7. The second-order valence-corrected chi connectivity index (χ2v) is 16.7. The van der Waals surface area contributed by atoms with E-state index in [4.69, 9.17) is 9.47 Å². The maximum absolute atomic E-state index is 6.71. The lowest BCUT2D eigenvalue weighted by molar-refractivity contribution is -0.290. The highest BCUT2D eigenvalue weighted by Crippen LogP contribution is 2.34. The molecule has 1 rings (SSSR count). The Hall–Kier alpha value is -1.12. The molecule has 1 aliphatic heterocycles. The van der Waals surface area contributed by atoms with Gasteiger partial charge in [-0.15, -0.1) is 0 Å². The molecule has 0 spiro atoms. The number of allylic oxidation sites excluding steroid dienone is 8. The van der Waals surface area contributed by atoms with Gasteiger partial charge in [0.2, 0.25) is 0 Å². The highest BCUT2D eigenvalue weighted by molar-refractivity contribution is 4.93. The summed E-state index contributed by atoms with van der Waals surface area (Å²) >= 11 is 0. The van der Waals surface area contributed by atoms with Crippen LogP contribution in [0.3, 0.4) is 0 Å². The van der Waals surface area contributed by atoms with Gasteiger partial charge in [0.05, 0.1) is 13.2 Å². The molecule has 2 unspecified atom stereocenters. The molecule has 1 fully saturated rings. The molecule has 0 bridgehead atoms. The molecular weight excluding hydrogens is 633 g/mol. The summed E-state index contributed by atoms with van der Waals surface area (Å²) in [6.45, 7) is 13.5. The van der Waals surface area contributed by atoms with Crippen LogP contribution in [0.5, 0.6) is 0 Å². The van der Waals surface area contributed by atoms with Gasteiger partial charge in [0.25, 0.3) is 0 Å². The Bertz CT molecular complexity index is 794. The first-order chi connectivity index (χ1) is 25.6. The van der Waals surface area contributed by atoms with Crippen LogP contribution < -0.4 is 0 Å². The van der Waals surface area contributed by atoms with E-state index in [9.17, 15) is 0 Å². The third kappa shape index (κ3) is 29.3. The molecule has 0 N–H and O–H groups in total. The van der Waals surface area contributed by atoms with Gasteiger partial charge in [0.15, 0.2) is 5.79 Å². The smallest absolute Gasteiger partial charge is 0.168 e. The number of ether oxygens (including phenoxy) is 2. The van der Waals surface area contributed by atoms with E-state index >= 15 is 0 Å². The van der Waals surface area contributed by atoms with Gasteiger partial charge in [-0.3, -0.25) is 0 Å². The Morgan fingerprint density at radius 2 is 0.865 bits per heavy atom. The summed E-state index contributed by atoms with van der Waals surface area (Å²) in [6, 6.07) is 0. The number of hydrogen-bond acceptors (Lipinski definition) is 2. The molecule has 2 heteroatoms. The number of unbranched alkanes of at least 4 members (excludes halogenated alkanes) is 19. The van der Waals surface area contributed by atoms with Gasteiger partial charge < -0.3 is 9.47 Å². The fourth-order valence-electron chi connectivity index (χ4n) is 7.56. The van der Waals surface area contributed by atoms with Gasteiger partial charge in [-0.25, -0.2) is 0 Å². The summed E-state index contributed by atoms with van der Waals surface area (Å²) < 4.78 is 13.4. The van der Waals surface area contributed by atoms with E-state index in [1.807, 2.05) is 0 Å². The standard InChI is InChI=1S/C50H92O2/c1-6-9-11-13-15-17-19-21-23-25-27-29-31-33-35-39-43-50(51-45-49(46-52-50)42-38-37-41-48(5)47(4)8-3)44-40-36-34-32-30-28-26-24-22-20-18-16-14-12-10-7-2/h15-18,21-24,47-49H,6-14,19-20,25-46H2,1-5H3. The zero-order valence-corrected chi connectivity index (χ0v) is 36.0. The lowest BCUT2D eigenvalue weighted by Gasteiger charge is -2.41. The summed E-state index contributed by atoms with van der Waals surface area (Å²) in [5, 5.41) is 0. The summed E-state index contributed by atoms with van der Waals surface area (Å²) in [7, 11) is 0. The predicted molar refractivity (Wildman–Crippen MR) is 233 cm³/mol. The summed E-state index contributed by atoms with van der Waals surface area (Å²) in [5.41, 5.74) is 0. The lowest BCUT2D eigenvalue weighted by Crippen LogP contribution is -2.44. The quantitative estimate of drug-likeness (QED) is 0.0469. The molecule has 2 nitrogen and oxygen atoms in total. The van der Waals surface area contributed by atoms with Crippen LogP contribution in [0.2, 0.25) is 0 Å². The Kier molecular flexibility index (Phi) is 34.6. The van der Waals surface area contributed by atoms with Crippen LogP contribution in [0.4, 0.5) is 0 Å². The fraction of sp³-hybridized carbons (Fsp3) is 0.840. The Balaban J connectivity index is 2.29. The molecule has 1 saturated heterocycles. The maximum atomic E-state index is 6.71. The van der Waals surface area contributed by atoms with Crippen molar-refractivity contribution in [2.24, 2.45) is 17.8 Å². The average molecular weight is 725 g/mol. The number of rotatable bonds is 37. The molecule has 1 aliphatic rings. The van der Waals surface area contributed by atoms with Crippen LogP contribution in [0.25, 0.3) is 0 Å². The minimum absolute atomic E-state index is 0.313. The van der Waals surface area contributed by atoms with E-state index < -0.39 is 0 Å². The highest BCUT2D eigenvalue weighted by Gasteiger charge is 2.36. The molecule has 0 radical (unpaired) electrons. The second kappa shape index (κ2) is 36.8. The van der Waals surface area contributed by atoms with E-state index in [1.165, 1.54) is 173 Å². The molecule has 0 amide bonds. The van der Waals surface area contributed by atoms with Crippen LogP contribution in [0.1, 0.15) is 234 Å². The van der Waals surface area contributed by atoms with E-state index in [0.29, 0.717) is 5.92 Å². The molecule has 0 aromatic carbocycles. The van der Waals surface area contributed by atoms with Crippen LogP contribution in [0, 0.1) is 17.8 Å². The molecule has 304 valence electrons.